The SMILES string of the molecule is COc1cc2cc([C@@H]3CC(c4ccccc4)=NN3C(C)=O)c(Cl)nc2cc1OC. The summed E-state index contributed by atoms with van der Waals surface area (Å²) < 4.78 is 10.7. The number of hydrazone groups is 1. The van der Waals surface area contributed by atoms with Crippen LogP contribution in [0.1, 0.15) is 30.5 Å². The molecular weight excluding hydrogens is 390 g/mol. The van der Waals surface area contributed by atoms with E-state index in [1.165, 1.54) is 11.9 Å². The fourth-order valence-corrected chi connectivity index (χ4v) is 3.85. The van der Waals surface area contributed by atoms with Crippen LogP contribution in [-0.2, 0) is 4.79 Å². The zero-order valence-corrected chi connectivity index (χ0v) is 17.1. The maximum absolute atomic E-state index is 12.3. The van der Waals surface area contributed by atoms with Crippen LogP contribution in [0.4, 0.5) is 0 Å². The van der Waals surface area contributed by atoms with Crippen LogP contribution in [0.15, 0.2) is 53.6 Å². The molecule has 0 bridgehead atoms. The number of hydrogen-bond acceptors (Lipinski definition) is 5. The second kappa shape index (κ2) is 7.72. The van der Waals surface area contributed by atoms with Gasteiger partial charge in [0.25, 0.3) is 0 Å². The summed E-state index contributed by atoms with van der Waals surface area (Å²) in [4.78, 5) is 16.8. The molecule has 3 aromatic rings. The Kier molecular flexibility index (Phi) is 5.11. The average molecular weight is 410 g/mol. The number of benzene rings is 2. The molecule has 0 aliphatic carbocycles. The first-order valence-electron chi connectivity index (χ1n) is 9.16. The van der Waals surface area contributed by atoms with Crippen molar-refractivity contribution in [3.05, 3.63) is 64.8 Å². The fraction of sp³-hybridized carbons (Fsp3) is 0.227. The number of methoxy groups -OCH3 is 2. The van der Waals surface area contributed by atoms with E-state index in [4.69, 9.17) is 21.1 Å². The summed E-state index contributed by atoms with van der Waals surface area (Å²) in [7, 11) is 3.16. The van der Waals surface area contributed by atoms with E-state index >= 15 is 0 Å². The van der Waals surface area contributed by atoms with Gasteiger partial charge in [-0.3, -0.25) is 4.79 Å². The summed E-state index contributed by atoms with van der Waals surface area (Å²) in [5.74, 6) is 1.03. The molecule has 0 fully saturated rings. The van der Waals surface area contributed by atoms with Crippen molar-refractivity contribution in [2.45, 2.75) is 19.4 Å². The quantitative estimate of drug-likeness (QED) is 0.590. The van der Waals surface area contributed by atoms with Gasteiger partial charge in [0.05, 0.1) is 31.5 Å². The molecule has 1 aliphatic heterocycles. The average Bonchev–Trinajstić information content (AvgIpc) is 3.18. The van der Waals surface area contributed by atoms with E-state index in [-0.39, 0.29) is 11.9 Å². The minimum Gasteiger partial charge on any atom is -0.493 e. The molecule has 7 heteroatoms. The van der Waals surface area contributed by atoms with Crippen LogP contribution in [0.3, 0.4) is 0 Å². The van der Waals surface area contributed by atoms with Crippen molar-refractivity contribution >= 4 is 34.1 Å². The summed E-state index contributed by atoms with van der Waals surface area (Å²) in [5.41, 5.74) is 3.26. The highest BCUT2D eigenvalue weighted by atomic mass is 35.5. The van der Waals surface area contributed by atoms with E-state index in [1.807, 2.05) is 42.5 Å². The molecule has 1 aromatic heterocycles. The molecule has 29 heavy (non-hydrogen) atoms. The first-order valence-corrected chi connectivity index (χ1v) is 9.54. The summed E-state index contributed by atoms with van der Waals surface area (Å²) in [6, 6.07) is 15.1. The summed E-state index contributed by atoms with van der Waals surface area (Å²) in [6.45, 7) is 1.50. The van der Waals surface area contributed by atoms with Crippen molar-refractivity contribution in [1.82, 2.24) is 9.99 Å². The lowest BCUT2D eigenvalue weighted by atomic mass is 9.98. The van der Waals surface area contributed by atoms with E-state index in [2.05, 4.69) is 10.1 Å². The molecule has 0 N–H and O–H groups in total. The molecule has 0 saturated heterocycles. The van der Waals surface area contributed by atoms with Gasteiger partial charge in [0, 0.05) is 30.4 Å². The number of carbonyl (C=O) groups excluding carboxylic acids is 1. The Labute approximate surface area is 173 Å². The van der Waals surface area contributed by atoms with E-state index in [0.29, 0.717) is 28.6 Å². The minimum absolute atomic E-state index is 0.149. The Morgan fingerprint density at radius 2 is 1.79 bits per heavy atom. The van der Waals surface area contributed by atoms with Crippen molar-refractivity contribution in [3.8, 4) is 11.5 Å². The van der Waals surface area contributed by atoms with Crippen LogP contribution in [0.25, 0.3) is 10.9 Å². The fourth-order valence-electron chi connectivity index (χ4n) is 3.58. The van der Waals surface area contributed by atoms with E-state index in [1.54, 1.807) is 20.3 Å². The monoisotopic (exact) mass is 409 g/mol. The molecule has 4 rings (SSSR count). The molecule has 1 atom stereocenters. The number of pyridine rings is 1. The topological polar surface area (TPSA) is 64.0 Å². The van der Waals surface area contributed by atoms with E-state index in [0.717, 1.165) is 22.2 Å². The second-order valence-corrected chi connectivity index (χ2v) is 7.12. The molecular formula is C22H20ClN3O3. The smallest absolute Gasteiger partial charge is 0.240 e. The van der Waals surface area contributed by atoms with Crippen molar-refractivity contribution < 1.29 is 14.3 Å². The number of carbonyl (C=O) groups is 1. The number of rotatable bonds is 4. The molecule has 1 amide bonds. The Hall–Kier alpha value is -3.12. The Balaban J connectivity index is 1.78. The third-order valence-corrected chi connectivity index (χ3v) is 5.30. The molecule has 148 valence electrons. The minimum atomic E-state index is -0.319. The molecule has 2 heterocycles. The Morgan fingerprint density at radius 1 is 1.10 bits per heavy atom. The number of fused-ring (bicyclic) bond motifs is 1. The highest BCUT2D eigenvalue weighted by Gasteiger charge is 2.33. The molecule has 0 spiro atoms. The molecule has 1 aliphatic rings. The van der Waals surface area contributed by atoms with Gasteiger partial charge in [-0.1, -0.05) is 41.9 Å². The van der Waals surface area contributed by atoms with Gasteiger partial charge >= 0.3 is 0 Å². The van der Waals surface area contributed by atoms with Gasteiger partial charge in [-0.2, -0.15) is 5.10 Å². The Morgan fingerprint density at radius 3 is 2.45 bits per heavy atom. The van der Waals surface area contributed by atoms with Crippen molar-refractivity contribution in [2.75, 3.05) is 14.2 Å². The number of hydrogen-bond donors (Lipinski definition) is 0. The molecule has 0 radical (unpaired) electrons. The van der Waals surface area contributed by atoms with Crippen molar-refractivity contribution in [3.63, 3.8) is 0 Å². The second-order valence-electron chi connectivity index (χ2n) is 6.76. The van der Waals surface area contributed by atoms with Crippen LogP contribution in [-0.4, -0.2) is 35.8 Å². The van der Waals surface area contributed by atoms with E-state index in [9.17, 15) is 4.79 Å². The Bertz CT molecular complexity index is 1120. The lowest BCUT2D eigenvalue weighted by molar-refractivity contribution is -0.130. The third kappa shape index (κ3) is 3.51. The number of amides is 1. The predicted molar refractivity (Wildman–Crippen MR) is 113 cm³/mol. The number of ether oxygens (including phenoxy) is 2. The lowest BCUT2D eigenvalue weighted by Crippen LogP contribution is -2.24. The van der Waals surface area contributed by atoms with Gasteiger partial charge in [0.15, 0.2) is 11.5 Å². The highest BCUT2D eigenvalue weighted by molar-refractivity contribution is 6.30. The zero-order valence-electron chi connectivity index (χ0n) is 16.3. The van der Waals surface area contributed by atoms with Gasteiger partial charge < -0.3 is 9.47 Å². The van der Waals surface area contributed by atoms with Crippen LogP contribution < -0.4 is 9.47 Å². The van der Waals surface area contributed by atoms with Crippen LogP contribution in [0.2, 0.25) is 5.15 Å². The van der Waals surface area contributed by atoms with Gasteiger partial charge in [0.1, 0.15) is 5.15 Å². The number of halogens is 1. The number of aromatic nitrogens is 1. The maximum Gasteiger partial charge on any atom is 0.240 e. The summed E-state index contributed by atoms with van der Waals surface area (Å²) in [5, 5.41) is 7.24. The van der Waals surface area contributed by atoms with Crippen LogP contribution in [0, 0.1) is 0 Å². The standard InChI is InChI=1S/C22H20ClN3O3/c1-13(27)26-19(11-18(25-26)14-7-5-4-6-8-14)16-9-15-10-20(28-2)21(29-3)12-17(15)24-22(16)23/h4-10,12,19H,11H2,1-3H3/t19-/m0/s1. The van der Waals surface area contributed by atoms with Crippen LogP contribution in [0.5, 0.6) is 11.5 Å². The highest BCUT2D eigenvalue weighted by Crippen LogP contribution is 2.39. The first-order chi connectivity index (χ1) is 14.0. The van der Waals surface area contributed by atoms with Crippen molar-refractivity contribution in [2.24, 2.45) is 5.10 Å². The van der Waals surface area contributed by atoms with Gasteiger partial charge in [-0.25, -0.2) is 9.99 Å². The lowest BCUT2D eigenvalue weighted by Gasteiger charge is -2.21. The predicted octanol–water partition coefficient (Wildman–Crippen LogP) is 4.60. The summed E-state index contributed by atoms with van der Waals surface area (Å²) in [6.07, 6.45) is 0.559. The van der Waals surface area contributed by atoms with Crippen molar-refractivity contribution in [1.29, 1.82) is 0 Å². The normalized spacial score (nSPS) is 16.1. The first kappa shape index (κ1) is 19.2. The molecule has 6 nitrogen and oxygen atoms in total. The van der Waals surface area contributed by atoms with Gasteiger partial charge in [-0.05, 0) is 17.7 Å². The van der Waals surface area contributed by atoms with Gasteiger partial charge in [0.2, 0.25) is 5.91 Å². The van der Waals surface area contributed by atoms with E-state index < -0.39 is 0 Å². The zero-order chi connectivity index (χ0) is 20.5. The van der Waals surface area contributed by atoms with Gasteiger partial charge in [-0.15, -0.1) is 0 Å². The molecule has 2 aromatic carbocycles. The third-order valence-electron chi connectivity index (χ3n) is 5.00. The number of nitrogens with zero attached hydrogens (tertiary/aromatic N) is 3. The summed E-state index contributed by atoms with van der Waals surface area (Å²) >= 11 is 6.54. The largest absolute Gasteiger partial charge is 0.493 e. The van der Waals surface area contributed by atoms with Crippen LogP contribution >= 0.6 is 11.6 Å². The molecule has 0 unspecified atom stereocenters. The maximum atomic E-state index is 12.3. The molecule has 0 saturated carbocycles.